The van der Waals surface area contributed by atoms with Gasteiger partial charge in [0.2, 0.25) is 0 Å². The number of aryl methyl sites for hydroxylation is 1. The summed E-state index contributed by atoms with van der Waals surface area (Å²) in [7, 11) is 0. The van der Waals surface area contributed by atoms with E-state index in [1.807, 2.05) is 0 Å². The standard InChI is InChI=1S/C20H16F6N4O2/c1-8-2-9(20(24,25)26)6-28-16(8)17(31)29-10-3-12(15(23)13(22)4-10)19(7-21)11-5-14(11)32-18(27)30-19/h2-4,6,11,14H,5,7H2,1H3,(H2,27,30)(H,29,31)/t11-,14+,19-/m1/s1. The van der Waals surface area contributed by atoms with E-state index in [0.717, 1.165) is 12.1 Å². The van der Waals surface area contributed by atoms with Crippen LogP contribution in [0, 0.1) is 24.5 Å². The molecule has 2 aromatic rings. The van der Waals surface area contributed by atoms with Crippen molar-refractivity contribution >= 4 is 17.6 Å². The molecule has 1 aliphatic carbocycles. The minimum Gasteiger partial charge on any atom is -0.462 e. The molecular formula is C20H16F6N4O2. The molecule has 4 rings (SSSR count). The molecule has 0 radical (unpaired) electrons. The number of alkyl halides is 4. The molecular weight excluding hydrogens is 442 g/mol. The van der Waals surface area contributed by atoms with Gasteiger partial charge in [-0.1, -0.05) is 0 Å². The van der Waals surface area contributed by atoms with Gasteiger partial charge in [0.05, 0.1) is 5.56 Å². The first-order chi connectivity index (χ1) is 15.0. The monoisotopic (exact) mass is 458 g/mol. The number of amides is 1. The number of rotatable bonds is 4. The average molecular weight is 458 g/mol. The highest BCUT2D eigenvalue weighted by Gasteiger charge is 2.60. The molecule has 2 aliphatic rings. The zero-order valence-corrected chi connectivity index (χ0v) is 16.4. The van der Waals surface area contributed by atoms with Gasteiger partial charge in [0, 0.05) is 29.4 Å². The van der Waals surface area contributed by atoms with Crippen LogP contribution in [-0.2, 0) is 16.5 Å². The molecule has 12 heteroatoms. The average Bonchev–Trinajstić information content (AvgIpc) is 3.48. The molecule has 2 heterocycles. The number of fused-ring (bicyclic) bond motifs is 1. The van der Waals surface area contributed by atoms with Crippen molar-refractivity contribution in [2.24, 2.45) is 16.6 Å². The second-order valence-corrected chi connectivity index (χ2v) is 7.67. The van der Waals surface area contributed by atoms with Crippen LogP contribution in [0.1, 0.15) is 33.6 Å². The summed E-state index contributed by atoms with van der Waals surface area (Å²) in [6.45, 7) is 0.0598. The van der Waals surface area contributed by atoms with Crippen molar-refractivity contribution in [3.05, 3.63) is 58.4 Å². The number of pyridine rings is 1. The maximum Gasteiger partial charge on any atom is 0.417 e. The molecule has 3 N–H and O–H groups in total. The van der Waals surface area contributed by atoms with Crippen molar-refractivity contribution in [3.63, 3.8) is 0 Å². The van der Waals surface area contributed by atoms with Gasteiger partial charge in [-0.25, -0.2) is 18.2 Å². The van der Waals surface area contributed by atoms with E-state index in [2.05, 4.69) is 15.3 Å². The minimum absolute atomic E-state index is 0.0806. The van der Waals surface area contributed by atoms with E-state index < -0.39 is 59.1 Å². The Labute approximate surface area is 177 Å². The van der Waals surface area contributed by atoms with Gasteiger partial charge in [-0.15, -0.1) is 0 Å². The summed E-state index contributed by atoms with van der Waals surface area (Å²) in [6.07, 6.45) is -4.30. The number of aliphatic imine (C=N–C) groups is 1. The summed E-state index contributed by atoms with van der Waals surface area (Å²) in [5, 5.41) is 2.26. The molecule has 1 aliphatic heterocycles. The molecule has 1 aromatic heterocycles. The SMILES string of the molecule is Cc1cc(C(F)(F)F)cnc1C(=O)Nc1cc(F)c(F)c([C@]2(CF)N=C(N)O[C@H]3C[C@H]32)c1. The third kappa shape index (κ3) is 3.63. The van der Waals surface area contributed by atoms with E-state index in [1.54, 1.807) is 0 Å². The number of nitrogens with one attached hydrogen (secondary N) is 1. The molecule has 0 unspecified atom stereocenters. The molecule has 1 amide bonds. The van der Waals surface area contributed by atoms with E-state index in [0.29, 0.717) is 18.7 Å². The number of nitrogens with zero attached hydrogens (tertiary/aromatic N) is 2. The highest BCUT2D eigenvalue weighted by molar-refractivity contribution is 6.03. The number of ether oxygens (including phenoxy) is 1. The van der Waals surface area contributed by atoms with E-state index in [-0.39, 0.29) is 23.0 Å². The highest BCUT2D eigenvalue weighted by Crippen LogP contribution is 2.54. The zero-order chi connectivity index (χ0) is 23.4. The molecule has 3 atom stereocenters. The van der Waals surface area contributed by atoms with Gasteiger partial charge in [-0.05, 0) is 31.0 Å². The first-order valence-electron chi connectivity index (χ1n) is 9.39. The van der Waals surface area contributed by atoms with Crippen LogP contribution in [0.25, 0.3) is 0 Å². The van der Waals surface area contributed by atoms with Crippen LogP contribution in [0.3, 0.4) is 0 Å². The third-order valence-corrected chi connectivity index (χ3v) is 5.50. The Bertz CT molecular complexity index is 1140. The molecule has 0 spiro atoms. The van der Waals surface area contributed by atoms with E-state index in [9.17, 15) is 31.1 Å². The van der Waals surface area contributed by atoms with E-state index >= 15 is 0 Å². The first-order valence-corrected chi connectivity index (χ1v) is 9.39. The predicted octanol–water partition coefficient (Wildman–Crippen LogP) is 3.84. The lowest BCUT2D eigenvalue weighted by molar-refractivity contribution is -0.137. The number of carbonyl (C=O) groups is 1. The Morgan fingerprint density at radius 3 is 2.66 bits per heavy atom. The molecule has 6 nitrogen and oxygen atoms in total. The summed E-state index contributed by atoms with van der Waals surface area (Å²) < 4.78 is 86.8. The topological polar surface area (TPSA) is 89.6 Å². The van der Waals surface area contributed by atoms with Crippen LogP contribution < -0.4 is 11.1 Å². The Morgan fingerprint density at radius 1 is 1.31 bits per heavy atom. The Balaban J connectivity index is 1.69. The number of aromatic nitrogens is 1. The molecule has 170 valence electrons. The lowest BCUT2D eigenvalue weighted by atomic mass is 9.85. The van der Waals surface area contributed by atoms with Crippen molar-refractivity contribution in [3.8, 4) is 0 Å². The second kappa shape index (κ2) is 7.38. The first kappa shape index (κ1) is 21.9. The summed E-state index contributed by atoms with van der Waals surface area (Å²) >= 11 is 0. The van der Waals surface area contributed by atoms with Crippen molar-refractivity contribution in [2.75, 3.05) is 12.0 Å². The molecule has 0 bridgehead atoms. The fourth-order valence-corrected chi connectivity index (χ4v) is 3.86. The number of halogens is 6. The lowest BCUT2D eigenvalue weighted by Crippen LogP contribution is -2.40. The fourth-order valence-electron chi connectivity index (χ4n) is 3.86. The Kier molecular flexibility index (Phi) is 5.05. The maximum atomic E-state index is 14.7. The highest BCUT2D eigenvalue weighted by atomic mass is 19.4. The quantitative estimate of drug-likeness (QED) is 0.682. The van der Waals surface area contributed by atoms with Gasteiger partial charge in [0.15, 0.2) is 11.6 Å². The number of amidine groups is 1. The van der Waals surface area contributed by atoms with Crippen molar-refractivity contribution in [1.82, 2.24) is 4.98 Å². The van der Waals surface area contributed by atoms with E-state index in [4.69, 9.17) is 10.5 Å². The molecule has 1 saturated carbocycles. The van der Waals surface area contributed by atoms with Crippen LogP contribution >= 0.6 is 0 Å². The Hall–Kier alpha value is -3.31. The summed E-state index contributed by atoms with van der Waals surface area (Å²) in [5.74, 6) is -4.26. The van der Waals surface area contributed by atoms with Crippen molar-refractivity contribution in [2.45, 2.75) is 31.2 Å². The van der Waals surface area contributed by atoms with Gasteiger partial charge < -0.3 is 15.8 Å². The maximum absolute atomic E-state index is 14.7. The van der Waals surface area contributed by atoms with Gasteiger partial charge in [-0.2, -0.15) is 13.2 Å². The van der Waals surface area contributed by atoms with E-state index in [1.165, 1.54) is 6.92 Å². The smallest absolute Gasteiger partial charge is 0.417 e. The number of anilines is 1. The largest absolute Gasteiger partial charge is 0.462 e. The predicted molar refractivity (Wildman–Crippen MR) is 101 cm³/mol. The lowest BCUT2D eigenvalue weighted by Gasteiger charge is -2.31. The second-order valence-electron chi connectivity index (χ2n) is 7.67. The number of hydrogen-bond acceptors (Lipinski definition) is 5. The third-order valence-electron chi connectivity index (χ3n) is 5.50. The molecule has 1 aromatic carbocycles. The molecule has 32 heavy (non-hydrogen) atoms. The molecule has 0 saturated heterocycles. The zero-order valence-electron chi connectivity index (χ0n) is 16.4. The van der Waals surface area contributed by atoms with Gasteiger partial charge >= 0.3 is 6.18 Å². The van der Waals surface area contributed by atoms with Crippen molar-refractivity contribution in [1.29, 1.82) is 0 Å². The number of benzene rings is 1. The van der Waals surface area contributed by atoms with Crippen LogP contribution in [0.5, 0.6) is 0 Å². The number of carbonyl (C=O) groups excluding carboxylic acids is 1. The minimum atomic E-state index is -4.64. The summed E-state index contributed by atoms with van der Waals surface area (Å²) in [6, 6.07) is 2.06. The van der Waals surface area contributed by atoms with Crippen LogP contribution in [-0.4, -0.2) is 29.7 Å². The van der Waals surface area contributed by atoms with Gasteiger partial charge in [0.25, 0.3) is 11.9 Å². The summed E-state index contributed by atoms with van der Waals surface area (Å²) in [4.78, 5) is 20.0. The van der Waals surface area contributed by atoms with Gasteiger partial charge in [0.1, 0.15) is 24.0 Å². The van der Waals surface area contributed by atoms with Crippen LogP contribution in [0.4, 0.5) is 32.0 Å². The van der Waals surface area contributed by atoms with Crippen molar-refractivity contribution < 1.29 is 35.9 Å². The number of nitrogens with two attached hydrogens (primary N) is 1. The van der Waals surface area contributed by atoms with Gasteiger partial charge in [-0.3, -0.25) is 9.78 Å². The van der Waals surface area contributed by atoms with Crippen LogP contribution in [0.2, 0.25) is 0 Å². The molecule has 1 fully saturated rings. The summed E-state index contributed by atoms with van der Waals surface area (Å²) in [5.41, 5.74) is 1.58. The fraction of sp³-hybridized carbons (Fsp3) is 0.350. The Morgan fingerprint density at radius 2 is 2.03 bits per heavy atom. The normalized spacial score (nSPS) is 24.3. The van der Waals surface area contributed by atoms with Crippen LogP contribution in [0.15, 0.2) is 29.4 Å². The number of hydrogen-bond donors (Lipinski definition) is 2.